The number of benzene rings is 1. The highest BCUT2D eigenvalue weighted by molar-refractivity contribution is 9.10. The molecule has 0 bridgehead atoms. The lowest BCUT2D eigenvalue weighted by atomic mass is 10.2. The lowest BCUT2D eigenvalue weighted by Crippen LogP contribution is -2.20. The molecule has 0 atom stereocenters. The molecular formula is C12H14BrClN4O2S. The normalized spacial score (nSPS) is 12.1. The number of hydrogen-bond donors (Lipinski definition) is 1. The number of primary sulfonamides is 1. The van der Waals surface area contributed by atoms with Crippen LogP contribution >= 0.6 is 27.5 Å². The van der Waals surface area contributed by atoms with Gasteiger partial charge in [-0.25, -0.2) is 13.6 Å². The third-order valence-electron chi connectivity index (χ3n) is 2.64. The molecule has 0 saturated heterocycles. The Bertz CT molecular complexity index is 753. The van der Waals surface area contributed by atoms with Crippen LogP contribution in [0.2, 0.25) is 5.02 Å². The molecule has 9 heteroatoms. The Morgan fingerprint density at radius 1 is 1.33 bits per heavy atom. The van der Waals surface area contributed by atoms with Gasteiger partial charge < -0.3 is 0 Å². The first-order chi connectivity index (χ1) is 9.68. The topological polar surface area (TPSA) is 90.9 Å². The summed E-state index contributed by atoms with van der Waals surface area (Å²) < 4.78 is 25.5. The molecule has 0 aliphatic rings. The lowest BCUT2D eigenvalue weighted by Gasteiger charge is -2.12. The maximum Gasteiger partial charge on any atom is 0.273 e. The van der Waals surface area contributed by atoms with E-state index in [-0.39, 0.29) is 11.1 Å². The van der Waals surface area contributed by atoms with Gasteiger partial charge in [0.25, 0.3) is 15.2 Å². The zero-order valence-electron chi connectivity index (χ0n) is 11.4. The molecule has 0 radical (unpaired) electrons. The minimum atomic E-state index is -3.94. The molecule has 114 valence electrons. The zero-order valence-corrected chi connectivity index (χ0v) is 14.6. The van der Waals surface area contributed by atoms with Gasteiger partial charge in [0.05, 0.1) is 0 Å². The Hall–Kier alpha value is -0.960. The first kappa shape index (κ1) is 16.4. The largest absolute Gasteiger partial charge is 0.296 e. The Morgan fingerprint density at radius 3 is 2.52 bits per heavy atom. The summed E-state index contributed by atoms with van der Waals surface area (Å²) in [6, 6.07) is 5.22. The van der Waals surface area contributed by atoms with E-state index in [1.54, 1.807) is 18.2 Å². The fraction of sp³-hybridized carbons (Fsp3) is 0.333. The van der Waals surface area contributed by atoms with Gasteiger partial charge in [-0.3, -0.25) is 4.57 Å². The predicted molar refractivity (Wildman–Crippen MR) is 84.4 cm³/mol. The molecule has 1 heterocycles. The molecule has 0 saturated carbocycles. The summed E-state index contributed by atoms with van der Waals surface area (Å²) in [5.41, 5.74) is 0.664. The average Bonchev–Trinajstić information content (AvgIpc) is 2.69. The van der Waals surface area contributed by atoms with Crippen molar-refractivity contribution in [2.45, 2.75) is 25.5 Å². The van der Waals surface area contributed by atoms with Gasteiger partial charge in [0, 0.05) is 21.6 Å². The fourth-order valence-electron chi connectivity index (χ4n) is 1.93. The van der Waals surface area contributed by atoms with E-state index in [1.807, 2.05) is 13.8 Å². The summed E-state index contributed by atoms with van der Waals surface area (Å²) in [6.07, 6.45) is 0. The van der Waals surface area contributed by atoms with Crippen LogP contribution in [-0.2, 0) is 16.6 Å². The summed E-state index contributed by atoms with van der Waals surface area (Å²) in [6.45, 7) is 4.35. The second kappa shape index (κ2) is 6.04. The molecule has 2 aromatic rings. The van der Waals surface area contributed by atoms with E-state index < -0.39 is 10.0 Å². The molecule has 21 heavy (non-hydrogen) atoms. The molecule has 6 nitrogen and oxygen atoms in total. The van der Waals surface area contributed by atoms with Crippen molar-refractivity contribution in [3.05, 3.63) is 27.7 Å². The third kappa shape index (κ3) is 3.82. The Morgan fingerprint density at radius 2 is 2.00 bits per heavy atom. The monoisotopic (exact) mass is 392 g/mol. The van der Waals surface area contributed by atoms with Crippen molar-refractivity contribution in [2.75, 3.05) is 0 Å². The van der Waals surface area contributed by atoms with Crippen LogP contribution in [0.5, 0.6) is 0 Å². The number of halogens is 2. The van der Waals surface area contributed by atoms with E-state index in [2.05, 4.69) is 26.1 Å². The molecule has 0 spiro atoms. The van der Waals surface area contributed by atoms with Crippen molar-refractivity contribution in [3.63, 3.8) is 0 Å². The highest BCUT2D eigenvalue weighted by Gasteiger charge is 2.22. The number of hydrogen-bond acceptors (Lipinski definition) is 4. The highest BCUT2D eigenvalue weighted by atomic mass is 79.9. The molecular weight excluding hydrogens is 380 g/mol. The van der Waals surface area contributed by atoms with E-state index in [0.29, 0.717) is 23.0 Å². The van der Waals surface area contributed by atoms with E-state index in [1.165, 1.54) is 4.57 Å². The third-order valence-corrected chi connectivity index (χ3v) is 4.13. The van der Waals surface area contributed by atoms with Crippen LogP contribution < -0.4 is 5.14 Å². The summed E-state index contributed by atoms with van der Waals surface area (Å²) in [5.74, 6) is 0.610. The van der Waals surface area contributed by atoms with Crippen LogP contribution in [0.15, 0.2) is 27.8 Å². The highest BCUT2D eigenvalue weighted by Crippen LogP contribution is 2.28. The summed E-state index contributed by atoms with van der Waals surface area (Å²) in [4.78, 5) is 0. The van der Waals surface area contributed by atoms with Crippen LogP contribution in [-0.4, -0.2) is 23.2 Å². The molecule has 0 amide bonds. The minimum Gasteiger partial charge on any atom is -0.296 e. The van der Waals surface area contributed by atoms with Gasteiger partial charge in [0.2, 0.25) is 0 Å². The molecule has 0 unspecified atom stereocenters. The summed E-state index contributed by atoms with van der Waals surface area (Å²) in [5, 5.41) is 13.1. The Balaban J connectivity index is 2.66. The van der Waals surface area contributed by atoms with Crippen molar-refractivity contribution in [1.29, 1.82) is 0 Å². The number of nitrogens with two attached hydrogens (primary N) is 1. The average molecular weight is 394 g/mol. The predicted octanol–water partition coefficient (Wildman–Crippen LogP) is 2.66. The van der Waals surface area contributed by atoms with E-state index in [9.17, 15) is 8.42 Å². The fourth-order valence-corrected chi connectivity index (χ4v) is 3.41. The van der Waals surface area contributed by atoms with E-state index >= 15 is 0 Å². The second-order valence-electron chi connectivity index (χ2n) is 5.01. The van der Waals surface area contributed by atoms with Gasteiger partial charge in [-0.1, -0.05) is 41.4 Å². The van der Waals surface area contributed by atoms with E-state index in [0.717, 1.165) is 4.47 Å². The van der Waals surface area contributed by atoms with Crippen LogP contribution in [0.25, 0.3) is 11.4 Å². The van der Waals surface area contributed by atoms with Crippen molar-refractivity contribution in [3.8, 4) is 11.4 Å². The zero-order chi connectivity index (χ0) is 15.8. The van der Waals surface area contributed by atoms with E-state index in [4.69, 9.17) is 16.7 Å². The van der Waals surface area contributed by atoms with Gasteiger partial charge >= 0.3 is 0 Å². The number of aromatic nitrogens is 3. The van der Waals surface area contributed by atoms with Crippen LogP contribution in [0.1, 0.15) is 13.8 Å². The van der Waals surface area contributed by atoms with Gasteiger partial charge in [-0.05, 0) is 24.1 Å². The van der Waals surface area contributed by atoms with Gasteiger partial charge in [0.15, 0.2) is 5.82 Å². The first-order valence-corrected chi connectivity index (χ1v) is 8.82. The maximum absolute atomic E-state index is 11.6. The van der Waals surface area contributed by atoms with Crippen molar-refractivity contribution >= 4 is 37.6 Å². The lowest BCUT2D eigenvalue weighted by molar-refractivity contribution is 0.486. The van der Waals surface area contributed by atoms with Crippen molar-refractivity contribution in [1.82, 2.24) is 14.8 Å². The van der Waals surface area contributed by atoms with Gasteiger partial charge in [-0.2, -0.15) is 0 Å². The number of rotatable bonds is 4. The molecule has 0 aliphatic carbocycles. The molecule has 1 aromatic heterocycles. The SMILES string of the molecule is CC(C)Cn1c(-c2cc(Cl)cc(Br)c2)nnc1S(N)(=O)=O. The molecule has 2 rings (SSSR count). The van der Waals surface area contributed by atoms with Gasteiger partial charge in [0.1, 0.15) is 0 Å². The standard InChI is InChI=1S/C12H14BrClN4O2S/c1-7(2)6-18-11(16-17-12(18)21(15,19)20)8-3-9(13)5-10(14)4-8/h3-5,7H,6H2,1-2H3,(H2,15,19,20). The second-order valence-corrected chi connectivity index (χ2v) is 7.82. The van der Waals surface area contributed by atoms with Crippen LogP contribution in [0.3, 0.4) is 0 Å². The molecule has 1 aromatic carbocycles. The summed E-state index contributed by atoms with van der Waals surface area (Å²) >= 11 is 9.37. The maximum atomic E-state index is 11.6. The minimum absolute atomic E-state index is 0.197. The van der Waals surface area contributed by atoms with Crippen molar-refractivity contribution in [2.24, 2.45) is 11.1 Å². The number of sulfonamides is 1. The Labute approximate surface area is 136 Å². The van der Waals surface area contributed by atoms with Crippen molar-refractivity contribution < 1.29 is 8.42 Å². The smallest absolute Gasteiger partial charge is 0.273 e. The molecule has 0 fully saturated rings. The summed E-state index contributed by atoms with van der Waals surface area (Å²) in [7, 11) is -3.94. The van der Waals surface area contributed by atoms with Crippen LogP contribution in [0, 0.1) is 5.92 Å². The quantitative estimate of drug-likeness (QED) is 0.864. The first-order valence-electron chi connectivity index (χ1n) is 6.11. The van der Waals surface area contributed by atoms with Crippen LogP contribution in [0.4, 0.5) is 0 Å². The molecule has 0 aliphatic heterocycles. The number of nitrogens with zero attached hydrogens (tertiary/aromatic N) is 3. The van der Waals surface area contributed by atoms with Gasteiger partial charge in [-0.15, -0.1) is 10.2 Å². The molecule has 2 N–H and O–H groups in total. The Kier molecular flexibility index (Phi) is 4.72.